The van der Waals surface area contributed by atoms with Crippen LogP contribution in [0.2, 0.25) is 0 Å². The van der Waals surface area contributed by atoms with E-state index in [4.69, 9.17) is 5.73 Å². The first-order valence-electron chi connectivity index (χ1n) is 9.56. The molecule has 0 unspecified atom stereocenters. The van der Waals surface area contributed by atoms with Crippen LogP contribution in [0.25, 0.3) is 0 Å². The Kier molecular flexibility index (Phi) is 5.39. The number of alkyl halides is 1. The Labute approximate surface area is 171 Å². The molecule has 2 aromatic rings. The molecule has 0 spiro atoms. The van der Waals surface area contributed by atoms with Gasteiger partial charge in [-0.2, -0.15) is 5.10 Å². The molecule has 10 heteroatoms. The molecular formula is C20H20F2N6O2. The third kappa shape index (κ3) is 3.85. The second kappa shape index (κ2) is 8.13. The number of benzene rings is 1. The number of piperidine rings is 1. The van der Waals surface area contributed by atoms with Crippen molar-refractivity contribution >= 4 is 23.8 Å². The maximum Gasteiger partial charge on any atom is 0.267 e. The Morgan fingerprint density at radius 1 is 1.20 bits per heavy atom. The molecular weight excluding hydrogens is 394 g/mol. The molecule has 0 bridgehead atoms. The predicted molar refractivity (Wildman–Crippen MR) is 105 cm³/mol. The molecule has 2 aliphatic heterocycles. The summed E-state index contributed by atoms with van der Waals surface area (Å²) in [5.41, 5.74) is 5.89. The lowest BCUT2D eigenvalue weighted by Crippen LogP contribution is -2.48. The summed E-state index contributed by atoms with van der Waals surface area (Å²) in [5, 5.41) is 5.39. The number of hydrogen-bond acceptors (Lipinski definition) is 6. The molecule has 1 aromatic carbocycles. The number of amides is 2. The van der Waals surface area contributed by atoms with Gasteiger partial charge in [0.1, 0.15) is 29.8 Å². The van der Waals surface area contributed by atoms with E-state index in [0.717, 1.165) is 0 Å². The van der Waals surface area contributed by atoms with Crippen LogP contribution in [0.4, 0.5) is 14.6 Å². The number of nitrogens with zero attached hydrogens (tertiary/aromatic N) is 5. The summed E-state index contributed by atoms with van der Waals surface area (Å²) in [6.45, 7) is 0.308. The normalized spacial score (nSPS) is 23.6. The first-order chi connectivity index (χ1) is 14.4. The van der Waals surface area contributed by atoms with Gasteiger partial charge in [0, 0.05) is 25.2 Å². The molecule has 156 valence electrons. The molecule has 1 saturated heterocycles. The maximum absolute atomic E-state index is 15.0. The van der Waals surface area contributed by atoms with Crippen molar-refractivity contribution in [3.05, 3.63) is 53.7 Å². The Balaban J connectivity index is 1.47. The molecule has 2 amide bonds. The monoisotopic (exact) mass is 414 g/mol. The van der Waals surface area contributed by atoms with Gasteiger partial charge in [-0.05, 0) is 24.1 Å². The highest BCUT2D eigenvalue weighted by Crippen LogP contribution is 2.33. The van der Waals surface area contributed by atoms with Crippen molar-refractivity contribution in [3.8, 4) is 0 Å². The van der Waals surface area contributed by atoms with Crippen LogP contribution in [0.5, 0.6) is 0 Å². The van der Waals surface area contributed by atoms with Gasteiger partial charge in [0.25, 0.3) is 5.91 Å². The number of halogens is 2. The average Bonchev–Trinajstić information content (AvgIpc) is 3.23. The van der Waals surface area contributed by atoms with Crippen LogP contribution in [0.1, 0.15) is 34.9 Å². The molecule has 0 aliphatic carbocycles. The molecule has 2 aliphatic rings. The minimum absolute atomic E-state index is 0.0398. The Morgan fingerprint density at radius 2 is 2.03 bits per heavy atom. The van der Waals surface area contributed by atoms with E-state index >= 15 is 4.39 Å². The molecule has 0 radical (unpaired) electrons. The minimum atomic E-state index is -1.46. The van der Waals surface area contributed by atoms with Gasteiger partial charge < -0.3 is 10.6 Å². The van der Waals surface area contributed by atoms with Gasteiger partial charge in [-0.3, -0.25) is 9.59 Å². The fourth-order valence-corrected chi connectivity index (χ4v) is 3.83. The van der Waals surface area contributed by atoms with Gasteiger partial charge in [0.05, 0.1) is 18.5 Å². The van der Waals surface area contributed by atoms with Gasteiger partial charge in [-0.1, -0.05) is 12.1 Å². The van der Waals surface area contributed by atoms with Gasteiger partial charge >= 0.3 is 0 Å². The summed E-state index contributed by atoms with van der Waals surface area (Å²) >= 11 is 0. The zero-order valence-electron chi connectivity index (χ0n) is 16.0. The molecule has 30 heavy (non-hydrogen) atoms. The van der Waals surface area contributed by atoms with E-state index in [1.807, 2.05) is 0 Å². The predicted octanol–water partition coefficient (Wildman–Crippen LogP) is 1.84. The summed E-state index contributed by atoms with van der Waals surface area (Å²) in [6, 6.07) is 6.95. The Hall–Kier alpha value is -3.43. The smallest absolute Gasteiger partial charge is 0.267 e. The molecule has 3 atom stereocenters. The summed E-state index contributed by atoms with van der Waals surface area (Å²) in [5.74, 6) is -2.01. The minimum Gasteiger partial charge on any atom is -0.364 e. The number of anilines is 1. The van der Waals surface area contributed by atoms with E-state index in [0.29, 0.717) is 24.3 Å². The van der Waals surface area contributed by atoms with E-state index < -0.39 is 35.8 Å². The summed E-state index contributed by atoms with van der Waals surface area (Å²) in [4.78, 5) is 33.9. The first kappa shape index (κ1) is 19.9. The van der Waals surface area contributed by atoms with Gasteiger partial charge in [0.15, 0.2) is 0 Å². The van der Waals surface area contributed by atoms with Crippen LogP contribution in [-0.2, 0) is 4.79 Å². The second-order valence-electron chi connectivity index (χ2n) is 7.27. The molecule has 3 heterocycles. The van der Waals surface area contributed by atoms with Crippen molar-refractivity contribution in [1.82, 2.24) is 15.0 Å². The van der Waals surface area contributed by atoms with Crippen LogP contribution in [0.3, 0.4) is 0 Å². The molecule has 8 nitrogen and oxygen atoms in total. The second-order valence-corrected chi connectivity index (χ2v) is 7.27. The van der Waals surface area contributed by atoms with Crippen molar-refractivity contribution in [2.24, 2.45) is 16.8 Å². The van der Waals surface area contributed by atoms with Crippen LogP contribution in [0.15, 0.2) is 41.8 Å². The fourth-order valence-electron chi connectivity index (χ4n) is 3.83. The highest BCUT2D eigenvalue weighted by Gasteiger charge is 2.40. The van der Waals surface area contributed by atoms with Crippen LogP contribution < -0.4 is 10.6 Å². The van der Waals surface area contributed by atoms with Crippen molar-refractivity contribution in [1.29, 1.82) is 0 Å². The molecule has 4 rings (SSSR count). The van der Waals surface area contributed by atoms with Crippen molar-refractivity contribution in [3.63, 3.8) is 0 Å². The van der Waals surface area contributed by atoms with Gasteiger partial charge in [-0.15, -0.1) is 0 Å². The fraction of sp³-hybridized carbons (Fsp3) is 0.350. The number of aromatic nitrogens is 2. The molecule has 1 aromatic heterocycles. The van der Waals surface area contributed by atoms with Crippen LogP contribution in [-0.4, -0.2) is 52.3 Å². The lowest BCUT2D eigenvalue weighted by atomic mass is 9.92. The number of rotatable bonds is 4. The summed E-state index contributed by atoms with van der Waals surface area (Å²) in [6.07, 6.45) is 2.02. The standard InChI is InChI=1S/C20H20F2N6O2/c21-13-3-1-2-12(8-13)17-4-6-26-28(17)20(30)14-5-7-27(10-15(14)22)18-9-16(19(23)29)24-11-25-18/h1-3,6,8-9,11,14-15,17H,4-5,7,10H2,(H2,23,29)/t14-,15+,17-/m0/s1. The molecule has 2 N–H and O–H groups in total. The first-order valence-corrected chi connectivity index (χ1v) is 9.56. The lowest BCUT2D eigenvalue weighted by molar-refractivity contribution is -0.140. The number of primary amides is 1. The molecule has 1 fully saturated rings. The average molecular weight is 414 g/mol. The number of carbonyl (C=O) groups excluding carboxylic acids is 2. The van der Waals surface area contributed by atoms with Crippen LogP contribution >= 0.6 is 0 Å². The largest absolute Gasteiger partial charge is 0.364 e. The number of hydrazone groups is 1. The van der Waals surface area contributed by atoms with Crippen molar-refractivity contribution in [2.45, 2.75) is 25.1 Å². The lowest BCUT2D eigenvalue weighted by Gasteiger charge is -2.36. The molecule has 0 saturated carbocycles. The van der Waals surface area contributed by atoms with E-state index in [2.05, 4.69) is 15.1 Å². The topological polar surface area (TPSA) is 105 Å². The zero-order chi connectivity index (χ0) is 21.3. The van der Waals surface area contributed by atoms with E-state index in [1.165, 1.54) is 29.5 Å². The highest BCUT2D eigenvalue weighted by atomic mass is 19.1. The third-order valence-electron chi connectivity index (χ3n) is 5.38. The van der Waals surface area contributed by atoms with Crippen LogP contribution in [0, 0.1) is 11.7 Å². The quantitative estimate of drug-likeness (QED) is 0.822. The van der Waals surface area contributed by atoms with Gasteiger partial charge in [0.2, 0.25) is 5.91 Å². The van der Waals surface area contributed by atoms with Crippen molar-refractivity contribution in [2.75, 3.05) is 18.0 Å². The maximum atomic E-state index is 15.0. The Morgan fingerprint density at radius 3 is 2.77 bits per heavy atom. The third-order valence-corrected chi connectivity index (χ3v) is 5.38. The SMILES string of the molecule is NC(=O)c1cc(N2CC[C@H](C(=O)N3N=CC[C@H]3c3cccc(F)c3)[C@H](F)C2)ncn1. The highest BCUT2D eigenvalue weighted by molar-refractivity contribution is 5.91. The summed E-state index contributed by atoms with van der Waals surface area (Å²) in [7, 11) is 0. The number of hydrogen-bond donors (Lipinski definition) is 1. The van der Waals surface area contributed by atoms with E-state index in [9.17, 15) is 14.0 Å². The zero-order valence-corrected chi connectivity index (χ0v) is 16.0. The van der Waals surface area contributed by atoms with Crippen molar-refractivity contribution < 1.29 is 18.4 Å². The van der Waals surface area contributed by atoms with E-state index in [1.54, 1.807) is 23.2 Å². The number of carbonyl (C=O) groups is 2. The van der Waals surface area contributed by atoms with Gasteiger partial charge in [-0.25, -0.2) is 23.8 Å². The Bertz CT molecular complexity index is 1000. The number of nitrogens with two attached hydrogens (primary N) is 1. The summed E-state index contributed by atoms with van der Waals surface area (Å²) < 4.78 is 28.6. The van der Waals surface area contributed by atoms with E-state index in [-0.39, 0.29) is 18.7 Å².